The van der Waals surface area contributed by atoms with Crippen molar-refractivity contribution in [2.24, 2.45) is 11.8 Å². The zero-order valence-electron chi connectivity index (χ0n) is 22.7. The van der Waals surface area contributed by atoms with E-state index in [0.29, 0.717) is 5.56 Å². The van der Waals surface area contributed by atoms with E-state index in [2.05, 4.69) is 4.98 Å². The fourth-order valence-electron chi connectivity index (χ4n) is 3.62. The molecule has 1 aromatic carbocycles. The van der Waals surface area contributed by atoms with Crippen molar-refractivity contribution in [1.82, 2.24) is 9.55 Å². The SMILES string of the molecule is [2H]C([2H])(O[P@@](=O)(C[C@@H](C)C(=O)OC(C)C)Oc1ccccc1)[C@@H]1O[C@H](n2cc(C)c(=O)[nH]c2=S)[C@H](C)C1O. The number of hydrogen-bond donors (Lipinski definition) is 2. The fraction of sp³-hybridized carbons (Fsp3) is 0.542. The molecule has 2 aromatic rings. The number of aromatic nitrogens is 2. The Bertz CT molecular complexity index is 1300. The Morgan fingerprint density at radius 3 is 2.64 bits per heavy atom. The van der Waals surface area contributed by atoms with Gasteiger partial charge in [0.05, 0.1) is 33.6 Å². The van der Waals surface area contributed by atoms with E-state index in [1.54, 1.807) is 45.9 Å². The molecule has 0 radical (unpaired) electrons. The Morgan fingerprint density at radius 1 is 1.33 bits per heavy atom. The third kappa shape index (κ3) is 6.92. The van der Waals surface area contributed by atoms with E-state index >= 15 is 0 Å². The molecule has 0 amide bonds. The van der Waals surface area contributed by atoms with Crippen LogP contribution in [0.1, 0.15) is 42.2 Å². The van der Waals surface area contributed by atoms with Crippen molar-refractivity contribution in [2.75, 3.05) is 12.7 Å². The van der Waals surface area contributed by atoms with Crippen LogP contribution in [-0.4, -0.2) is 51.7 Å². The van der Waals surface area contributed by atoms with Gasteiger partial charge in [-0.3, -0.25) is 23.7 Å². The van der Waals surface area contributed by atoms with Gasteiger partial charge in [0.2, 0.25) is 0 Å². The number of carbonyl (C=O) groups is 1. The van der Waals surface area contributed by atoms with Crippen molar-refractivity contribution in [3.8, 4) is 5.75 Å². The van der Waals surface area contributed by atoms with Gasteiger partial charge < -0.3 is 19.1 Å². The van der Waals surface area contributed by atoms with Crippen molar-refractivity contribution < 1.29 is 35.7 Å². The molecule has 1 aliphatic heterocycles. The molecule has 10 nitrogen and oxygen atoms in total. The van der Waals surface area contributed by atoms with Gasteiger partial charge in [-0.25, -0.2) is 4.57 Å². The van der Waals surface area contributed by atoms with Gasteiger partial charge in [0.1, 0.15) is 18.1 Å². The molecule has 1 saturated heterocycles. The number of H-pyrrole nitrogens is 1. The highest BCUT2D eigenvalue weighted by molar-refractivity contribution is 7.71. The second kappa shape index (κ2) is 11.8. The molecule has 1 fully saturated rings. The van der Waals surface area contributed by atoms with Crippen LogP contribution in [-0.2, 0) is 23.4 Å². The lowest BCUT2D eigenvalue weighted by molar-refractivity contribution is -0.151. The van der Waals surface area contributed by atoms with Crippen LogP contribution in [0.2, 0.25) is 0 Å². The van der Waals surface area contributed by atoms with Gasteiger partial charge in [-0.1, -0.05) is 32.0 Å². The number of nitrogens with one attached hydrogen (secondary N) is 1. The first-order valence-electron chi connectivity index (χ1n) is 12.5. The molecule has 1 aliphatic rings. The lowest BCUT2D eigenvalue weighted by Gasteiger charge is -2.24. The summed E-state index contributed by atoms with van der Waals surface area (Å²) in [5.74, 6) is -2.14. The summed E-state index contributed by atoms with van der Waals surface area (Å²) in [5.41, 5.74) is -0.0357. The second-order valence-corrected chi connectivity index (χ2v) is 11.4. The van der Waals surface area contributed by atoms with Crippen LogP contribution in [0.3, 0.4) is 0 Å². The molecular formula is C24H33N2O8PS. The Morgan fingerprint density at radius 2 is 2.00 bits per heavy atom. The van der Waals surface area contributed by atoms with Gasteiger partial charge in [-0.05, 0) is 45.1 Å². The summed E-state index contributed by atoms with van der Waals surface area (Å²) in [6.07, 6.45) is -3.40. The van der Waals surface area contributed by atoms with Crippen LogP contribution in [0.25, 0.3) is 0 Å². The molecule has 0 aliphatic carbocycles. The smallest absolute Gasteiger partial charge is 0.380 e. The third-order valence-electron chi connectivity index (χ3n) is 5.55. The van der Waals surface area contributed by atoms with Gasteiger partial charge in [-0.2, -0.15) is 0 Å². The minimum absolute atomic E-state index is 0.0300. The van der Waals surface area contributed by atoms with Crippen LogP contribution in [0.5, 0.6) is 5.75 Å². The minimum Gasteiger partial charge on any atom is -0.463 e. The highest BCUT2D eigenvalue weighted by atomic mass is 32.1. The number of carbonyl (C=O) groups excluding carboxylic acids is 1. The van der Waals surface area contributed by atoms with Crippen LogP contribution in [0.15, 0.2) is 41.3 Å². The van der Waals surface area contributed by atoms with E-state index in [4.69, 9.17) is 33.5 Å². The topological polar surface area (TPSA) is 129 Å². The number of aliphatic hydroxyl groups excluding tert-OH is 1. The summed E-state index contributed by atoms with van der Waals surface area (Å²) >= 11 is 5.23. The van der Waals surface area contributed by atoms with Crippen molar-refractivity contribution in [3.05, 3.63) is 57.2 Å². The van der Waals surface area contributed by atoms with Crippen LogP contribution < -0.4 is 10.1 Å². The number of aromatic amines is 1. The lowest BCUT2D eigenvalue weighted by Crippen LogP contribution is -2.30. The molecule has 0 saturated carbocycles. The quantitative estimate of drug-likeness (QED) is 0.260. The van der Waals surface area contributed by atoms with Crippen LogP contribution in [0.4, 0.5) is 0 Å². The first kappa shape index (κ1) is 25.4. The van der Waals surface area contributed by atoms with E-state index in [1.807, 2.05) is 0 Å². The van der Waals surface area contributed by atoms with Crippen molar-refractivity contribution >= 4 is 25.8 Å². The predicted octanol–water partition coefficient (Wildman–Crippen LogP) is 3.99. The minimum atomic E-state index is -4.37. The van der Waals surface area contributed by atoms with Crippen LogP contribution >= 0.6 is 19.8 Å². The summed E-state index contributed by atoms with van der Waals surface area (Å²) < 4.78 is 54.8. The third-order valence-corrected chi connectivity index (χ3v) is 7.73. The second-order valence-electron chi connectivity index (χ2n) is 9.07. The number of ether oxygens (including phenoxy) is 2. The number of rotatable bonds is 10. The zero-order valence-corrected chi connectivity index (χ0v) is 22.5. The number of aryl methyl sites for hydroxylation is 1. The molecule has 0 bridgehead atoms. The number of para-hydroxylation sites is 1. The molecular weight excluding hydrogens is 507 g/mol. The highest BCUT2D eigenvalue weighted by Gasteiger charge is 2.44. The molecule has 1 unspecified atom stereocenters. The maximum atomic E-state index is 13.9. The molecule has 1 aromatic heterocycles. The van der Waals surface area contributed by atoms with Gasteiger partial charge in [0.15, 0.2) is 4.77 Å². The monoisotopic (exact) mass is 542 g/mol. The van der Waals surface area contributed by atoms with Gasteiger partial charge in [0, 0.05) is 17.7 Å². The molecule has 12 heteroatoms. The Balaban J connectivity index is 1.90. The zero-order chi connectivity index (χ0) is 28.4. The number of nitrogens with zero attached hydrogens (tertiary/aromatic N) is 1. The lowest BCUT2D eigenvalue weighted by atomic mass is 10.0. The van der Waals surface area contributed by atoms with Gasteiger partial charge in [-0.15, -0.1) is 0 Å². The average Bonchev–Trinajstić information content (AvgIpc) is 3.11. The van der Waals surface area contributed by atoms with Crippen molar-refractivity contribution in [2.45, 2.75) is 59.2 Å². The Kier molecular flexibility index (Phi) is 8.33. The maximum Gasteiger partial charge on any atom is 0.380 e. The number of benzene rings is 1. The van der Waals surface area contributed by atoms with Gasteiger partial charge in [0.25, 0.3) is 5.56 Å². The molecule has 198 valence electrons. The van der Waals surface area contributed by atoms with Gasteiger partial charge >= 0.3 is 13.6 Å². The molecule has 2 heterocycles. The van der Waals surface area contributed by atoms with E-state index in [0.717, 1.165) is 0 Å². The molecule has 6 atom stereocenters. The number of esters is 1. The number of aliphatic hydroxyl groups is 1. The summed E-state index contributed by atoms with van der Waals surface area (Å²) in [7, 11) is -4.37. The normalized spacial score (nSPS) is 25.5. The molecule has 2 N–H and O–H groups in total. The Labute approximate surface area is 217 Å². The maximum absolute atomic E-state index is 13.9. The summed E-state index contributed by atoms with van der Waals surface area (Å²) in [6, 6.07) is 8.02. The van der Waals surface area contributed by atoms with Crippen molar-refractivity contribution in [1.29, 1.82) is 0 Å². The number of hydrogen-bond acceptors (Lipinski definition) is 9. The standard InChI is InChI=1S/C24H33N2O8PS/c1-14(2)32-23(29)16(4)13-35(30,34-18-9-7-6-8-10-18)31-12-19-20(27)17(5)22(33-19)26-11-15(3)21(28)25-24(26)36/h6-11,14,16-17,19-20,22,27H,12-13H2,1-5H3,(H,25,28,36)/t16-,17-,19+,20?,22+,35+/m1/s1/i12D2. The summed E-state index contributed by atoms with van der Waals surface area (Å²) in [6.45, 7) is 5.19. The highest BCUT2D eigenvalue weighted by Crippen LogP contribution is 2.51. The van der Waals surface area contributed by atoms with E-state index in [1.165, 1.54) is 29.8 Å². The first-order valence-corrected chi connectivity index (χ1v) is 13.7. The van der Waals surface area contributed by atoms with E-state index < -0.39 is 62.7 Å². The Hall–Kier alpha value is -2.30. The van der Waals surface area contributed by atoms with E-state index in [-0.39, 0.29) is 16.1 Å². The fourth-order valence-corrected chi connectivity index (χ4v) is 5.58. The average molecular weight is 543 g/mol. The first-order chi connectivity index (χ1) is 17.6. The predicted molar refractivity (Wildman–Crippen MR) is 136 cm³/mol. The van der Waals surface area contributed by atoms with Crippen molar-refractivity contribution in [3.63, 3.8) is 0 Å². The molecule has 0 spiro atoms. The largest absolute Gasteiger partial charge is 0.463 e. The summed E-state index contributed by atoms with van der Waals surface area (Å²) in [5, 5.41) is 10.9. The van der Waals surface area contributed by atoms with Crippen LogP contribution in [0, 0.1) is 23.5 Å². The molecule has 36 heavy (non-hydrogen) atoms. The molecule has 3 rings (SSSR count). The summed E-state index contributed by atoms with van der Waals surface area (Å²) in [4.78, 5) is 26.8. The van der Waals surface area contributed by atoms with E-state index in [9.17, 15) is 19.3 Å².